The molecule has 2 unspecified atom stereocenters. The van der Waals surface area contributed by atoms with Crippen molar-refractivity contribution in [2.75, 3.05) is 38.2 Å². The molecule has 2 saturated heterocycles. The fourth-order valence-electron chi connectivity index (χ4n) is 5.31. The van der Waals surface area contributed by atoms with Gasteiger partial charge in [0.05, 0.1) is 42.0 Å². The summed E-state index contributed by atoms with van der Waals surface area (Å²) in [4.78, 5) is 27.8. The van der Waals surface area contributed by atoms with Gasteiger partial charge < -0.3 is 20.1 Å². The molecule has 7 rings (SSSR count). The summed E-state index contributed by atoms with van der Waals surface area (Å²) >= 11 is 0.968. The molecule has 0 spiro atoms. The number of anilines is 2. The van der Waals surface area contributed by atoms with E-state index in [0.717, 1.165) is 35.7 Å². The van der Waals surface area contributed by atoms with Gasteiger partial charge in [-0.2, -0.15) is 4.98 Å². The first-order valence-corrected chi connectivity index (χ1v) is 16.2. The number of nitrogens with one attached hydrogen (secondary N) is 2. The van der Waals surface area contributed by atoms with E-state index < -0.39 is 9.84 Å². The molecule has 2 N–H and O–H groups in total. The van der Waals surface area contributed by atoms with E-state index in [1.807, 2.05) is 24.3 Å². The van der Waals surface area contributed by atoms with Gasteiger partial charge in [0.15, 0.2) is 0 Å². The second-order valence-corrected chi connectivity index (χ2v) is 13.5. The SMILES string of the molecule is O=c1c(-c2ncc(S(=O)(=O)c3ccccc3)s2)cc2cnc(Nc3ccc(C4CNCCO4)cc3)nc2n1C1CCOC1. The van der Waals surface area contributed by atoms with Crippen molar-refractivity contribution < 1.29 is 17.9 Å². The molecule has 0 saturated carbocycles. The Labute approximate surface area is 251 Å². The summed E-state index contributed by atoms with van der Waals surface area (Å²) in [6.07, 6.45) is 3.63. The highest BCUT2D eigenvalue weighted by atomic mass is 32.2. The van der Waals surface area contributed by atoms with E-state index >= 15 is 0 Å². The number of morpholine rings is 1. The maximum Gasteiger partial charge on any atom is 0.262 e. The Hall–Kier alpha value is -4.01. The molecule has 5 aromatic rings. The number of thiazole rings is 1. The first-order chi connectivity index (χ1) is 21.0. The number of sulfone groups is 1. The lowest BCUT2D eigenvalue weighted by Gasteiger charge is -2.24. The third-order valence-corrected chi connectivity index (χ3v) is 10.8. The number of fused-ring (bicyclic) bond motifs is 1. The van der Waals surface area contributed by atoms with E-state index in [9.17, 15) is 13.2 Å². The standard InChI is InChI=1S/C30H28N6O5S2/c37-29-24(28-32-17-26(42-28)43(38,39)23-4-2-1-3-5-23)14-20-15-33-30(35-27(20)36(29)22-10-12-40-18-22)34-21-8-6-19(7-9-21)25-16-31-11-13-41-25/h1-9,14-15,17,22,25,31H,10-13,16,18H2,(H,33,34,35). The molecule has 11 nitrogen and oxygen atoms in total. The number of hydrogen-bond acceptors (Lipinski definition) is 11. The molecule has 0 aliphatic carbocycles. The van der Waals surface area contributed by atoms with E-state index in [0.29, 0.717) is 53.8 Å². The number of benzene rings is 2. The van der Waals surface area contributed by atoms with Crippen LogP contribution in [0.25, 0.3) is 21.6 Å². The van der Waals surface area contributed by atoms with E-state index in [1.54, 1.807) is 35.0 Å². The van der Waals surface area contributed by atoms with Crippen LogP contribution in [0.15, 0.2) is 87.0 Å². The van der Waals surface area contributed by atoms with Crippen molar-refractivity contribution in [1.29, 1.82) is 0 Å². The average molecular weight is 617 g/mol. The smallest absolute Gasteiger partial charge is 0.262 e. The molecule has 0 radical (unpaired) electrons. The average Bonchev–Trinajstić information content (AvgIpc) is 3.76. The van der Waals surface area contributed by atoms with Crippen molar-refractivity contribution in [1.82, 2.24) is 24.8 Å². The number of pyridine rings is 1. The molecular weight excluding hydrogens is 589 g/mol. The minimum absolute atomic E-state index is 0.0179. The van der Waals surface area contributed by atoms with Gasteiger partial charge in [0.1, 0.15) is 14.9 Å². The molecular formula is C30H28N6O5S2. The summed E-state index contributed by atoms with van der Waals surface area (Å²) in [6, 6.07) is 17.6. The zero-order valence-corrected chi connectivity index (χ0v) is 24.6. The minimum Gasteiger partial charge on any atom is -0.379 e. The molecule has 2 aliphatic rings. The van der Waals surface area contributed by atoms with Crippen LogP contribution in [0.5, 0.6) is 0 Å². The van der Waals surface area contributed by atoms with E-state index in [4.69, 9.17) is 14.5 Å². The monoisotopic (exact) mass is 616 g/mol. The maximum atomic E-state index is 14.0. The molecule has 0 bridgehead atoms. The van der Waals surface area contributed by atoms with Crippen molar-refractivity contribution in [3.63, 3.8) is 0 Å². The van der Waals surface area contributed by atoms with Crippen LogP contribution in [-0.2, 0) is 19.3 Å². The Balaban J connectivity index is 1.24. The second kappa shape index (κ2) is 11.6. The quantitative estimate of drug-likeness (QED) is 0.275. The molecule has 2 aliphatic heterocycles. The summed E-state index contributed by atoms with van der Waals surface area (Å²) in [5.41, 5.74) is 2.33. The summed E-state index contributed by atoms with van der Waals surface area (Å²) in [6.45, 7) is 3.21. The predicted octanol–water partition coefficient (Wildman–Crippen LogP) is 4.11. The zero-order chi connectivity index (χ0) is 29.4. The third kappa shape index (κ3) is 5.45. The number of hydrogen-bond donors (Lipinski definition) is 2. The lowest BCUT2D eigenvalue weighted by Crippen LogP contribution is -2.33. The molecule has 0 amide bonds. The minimum atomic E-state index is -3.77. The molecule has 5 heterocycles. The van der Waals surface area contributed by atoms with Gasteiger partial charge in [-0.05, 0) is 42.3 Å². The molecule has 220 valence electrons. The first kappa shape index (κ1) is 27.8. The molecule has 2 atom stereocenters. The van der Waals surface area contributed by atoms with E-state index in [1.165, 1.54) is 18.3 Å². The Kier molecular flexibility index (Phi) is 7.49. The predicted molar refractivity (Wildman–Crippen MR) is 163 cm³/mol. The fourth-order valence-corrected chi connectivity index (χ4v) is 7.87. The summed E-state index contributed by atoms with van der Waals surface area (Å²) in [5, 5.41) is 7.53. The lowest BCUT2D eigenvalue weighted by atomic mass is 10.1. The van der Waals surface area contributed by atoms with Gasteiger partial charge in [0.25, 0.3) is 5.56 Å². The Morgan fingerprint density at radius 1 is 1.02 bits per heavy atom. The molecule has 3 aromatic heterocycles. The summed E-state index contributed by atoms with van der Waals surface area (Å²) < 4.78 is 39.5. The number of ether oxygens (including phenoxy) is 2. The van der Waals surface area contributed by atoms with Crippen LogP contribution in [0.2, 0.25) is 0 Å². The Morgan fingerprint density at radius 3 is 2.60 bits per heavy atom. The van der Waals surface area contributed by atoms with E-state index in [2.05, 4.69) is 20.6 Å². The van der Waals surface area contributed by atoms with Crippen LogP contribution < -0.4 is 16.2 Å². The van der Waals surface area contributed by atoms with E-state index in [-0.39, 0.29) is 26.8 Å². The van der Waals surface area contributed by atoms with Crippen LogP contribution in [0.3, 0.4) is 0 Å². The van der Waals surface area contributed by atoms with Crippen LogP contribution in [0.1, 0.15) is 24.1 Å². The summed E-state index contributed by atoms with van der Waals surface area (Å²) in [5.74, 6) is 0.348. The zero-order valence-electron chi connectivity index (χ0n) is 23.0. The lowest BCUT2D eigenvalue weighted by molar-refractivity contribution is 0.0277. The fraction of sp³-hybridized carbons (Fsp3) is 0.267. The van der Waals surface area contributed by atoms with Crippen molar-refractivity contribution in [3.8, 4) is 10.6 Å². The van der Waals surface area contributed by atoms with Gasteiger partial charge in [-0.15, -0.1) is 11.3 Å². The van der Waals surface area contributed by atoms with Gasteiger partial charge >= 0.3 is 0 Å². The number of aromatic nitrogens is 4. The van der Waals surface area contributed by atoms with Gasteiger partial charge in [0, 0.05) is 37.0 Å². The number of rotatable bonds is 7. The van der Waals surface area contributed by atoms with Crippen LogP contribution in [0.4, 0.5) is 11.6 Å². The highest BCUT2D eigenvalue weighted by molar-refractivity contribution is 7.93. The van der Waals surface area contributed by atoms with Gasteiger partial charge in [-0.3, -0.25) is 9.36 Å². The topological polar surface area (TPSA) is 137 Å². The normalized spacial score (nSPS) is 19.1. The first-order valence-electron chi connectivity index (χ1n) is 13.9. The second-order valence-electron chi connectivity index (χ2n) is 10.3. The highest BCUT2D eigenvalue weighted by Gasteiger charge is 2.27. The van der Waals surface area contributed by atoms with Crippen molar-refractivity contribution in [2.24, 2.45) is 0 Å². The molecule has 13 heteroatoms. The summed E-state index contributed by atoms with van der Waals surface area (Å²) in [7, 11) is -3.77. The van der Waals surface area contributed by atoms with Gasteiger partial charge in [0.2, 0.25) is 15.8 Å². The highest BCUT2D eigenvalue weighted by Crippen LogP contribution is 2.32. The number of nitrogens with zero attached hydrogens (tertiary/aromatic N) is 4. The van der Waals surface area contributed by atoms with Crippen molar-refractivity contribution >= 4 is 43.8 Å². The third-order valence-electron chi connectivity index (χ3n) is 7.54. The maximum absolute atomic E-state index is 14.0. The largest absolute Gasteiger partial charge is 0.379 e. The van der Waals surface area contributed by atoms with Crippen LogP contribution in [0, 0.1) is 0 Å². The molecule has 43 heavy (non-hydrogen) atoms. The Bertz CT molecular complexity index is 1930. The van der Waals surface area contributed by atoms with Gasteiger partial charge in [-0.25, -0.2) is 18.4 Å². The van der Waals surface area contributed by atoms with Crippen molar-refractivity contribution in [2.45, 2.75) is 27.7 Å². The van der Waals surface area contributed by atoms with Crippen molar-refractivity contribution in [3.05, 3.63) is 89.0 Å². The Morgan fingerprint density at radius 2 is 1.86 bits per heavy atom. The van der Waals surface area contributed by atoms with Gasteiger partial charge in [-0.1, -0.05) is 30.3 Å². The molecule has 2 aromatic carbocycles. The van der Waals surface area contributed by atoms with Crippen LogP contribution >= 0.6 is 11.3 Å². The molecule has 2 fully saturated rings. The van der Waals surface area contributed by atoms with Crippen LogP contribution in [-0.4, -0.2) is 60.8 Å².